The molecule has 0 aliphatic heterocycles. The number of hydrogen-bond acceptors (Lipinski definition) is 5. The van der Waals surface area contributed by atoms with Crippen LogP contribution < -0.4 is 9.47 Å². The zero-order valence-corrected chi connectivity index (χ0v) is 31.6. The van der Waals surface area contributed by atoms with Crippen molar-refractivity contribution >= 4 is 21.5 Å². The van der Waals surface area contributed by atoms with Crippen molar-refractivity contribution in [2.45, 2.75) is 142 Å². The Morgan fingerprint density at radius 3 is 1.12 bits per heavy atom. The van der Waals surface area contributed by atoms with Gasteiger partial charge in [0.05, 0.1) is 13.2 Å². The van der Waals surface area contributed by atoms with Gasteiger partial charge < -0.3 is 13.9 Å². The minimum atomic E-state index is 0.518. The van der Waals surface area contributed by atoms with Crippen molar-refractivity contribution in [3.8, 4) is 34.4 Å². The highest BCUT2D eigenvalue weighted by Gasteiger charge is 2.12. The van der Waals surface area contributed by atoms with Gasteiger partial charge >= 0.3 is 0 Å². The molecule has 0 amide bonds. The predicted octanol–water partition coefficient (Wildman–Crippen LogP) is 14.3. The van der Waals surface area contributed by atoms with E-state index >= 15 is 0 Å². The number of unbranched alkanes of at least 4 members (excludes halogenated alkanes) is 18. The number of hydrogen-bond donors (Lipinski definition) is 0. The maximum absolute atomic E-state index is 6.17. The molecule has 0 aliphatic rings. The Hall–Kier alpha value is -3.86. The molecule has 0 bridgehead atoms. The van der Waals surface area contributed by atoms with Gasteiger partial charge in [-0.3, -0.25) is 0 Å². The van der Waals surface area contributed by atoms with Crippen molar-refractivity contribution in [2.24, 2.45) is 0 Å². The van der Waals surface area contributed by atoms with Crippen LogP contribution in [0.3, 0.4) is 0 Å². The second-order valence-electron chi connectivity index (χ2n) is 14.4. The average Bonchev–Trinajstić information content (AvgIpc) is 3.66. The van der Waals surface area contributed by atoms with Gasteiger partial charge in [0.15, 0.2) is 0 Å². The summed E-state index contributed by atoms with van der Waals surface area (Å²) in [6, 6.07) is 25.1. The quantitative estimate of drug-likeness (QED) is 0.0541. The van der Waals surface area contributed by atoms with Crippen molar-refractivity contribution in [2.75, 3.05) is 13.2 Å². The zero-order chi connectivity index (χ0) is 35.4. The first-order valence-electron chi connectivity index (χ1n) is 20.4. The highest BCUT2D eigenvalue weighted by atomic mass is 16.5. The van der Waals surface area contributed by atoms with E-state index < -0.39 is 0 Å². The van der Waals surface area contributed by atoms with Crippen LogP contribution in [-0.4, -0.2) is 23.4 Å². The van der Waals surface area contributed by atoms with Crippen molar-refractivity contribution in [1.82, 2.24) is 10.2 Å². The molecule has 5 aromatic rings. The fourth-order valence-corrected chi connectivity index (χ4v) is 6.91. The fourth-order valence-electron chi connectivity index (χ4n) is 6.91. The van der Waals surface area contributed by atoms with E-state index in [4.69, 9.17) is 13.9 Å². The molecule has 5 rings (SSSR count). The number of ether oxygens (including phenoxy) is 2. The van der Waals surface area contributed by atoms with Crippen LogP contribution in [0.15, 0.2) is 77.2 Å². The molecule has 5 nitrogen and oxygen atoms in total. The molecule has 0 aliphatic carbocycles. The minimum Gasteiger partial charge on any atom is -0.494 e. The first kappa shape index (κ1) is 38.4. The fraction of sp³-hybridized carbons (Fsp3) is 0.522. The Labute approximate surface area is 307 Å². The molecule has 0 unspecified atom stereocenters. The van der Waals surface area contributed by atoms with Gasteiger partial charge in [-0.05, 0) is 82.9 Å². The molecule has 0 N–H and O–H groups in total. The van der Waals surface area contributed by atoms with Crippen molar-refractivity contribution in [3.05, 3.63) is 72.8 Å². The van der Waals surface area contributed by atoms with Gasteiger partial charge in [0.2, 0.25) is 11.8 Å². The van der Waals surface area contributed by atoms with Gasteiger partial charge in [0, 0.05) is 11.1 Å². The Bertz CT molecular complexity index is 1590. The Balaban J connectivity index is 1.04. The summed E-state index contributed by atoms with van der Waals surface area (Å²) in [5.74, 6) is 2.89. The molecule has 0 fully saturated rings. The molecule has 0 atom stereocenters. The first-order valence-corrected chi connectivity index (χ1v) is 20.4. The summed E-state index contributed by atoms with van der Waals surface area (Å²) >= 11 is 0. The monoisotopic (exact) mass is 690 g/mol. The Morgan fingerprint density at radius 2 is 0.725 bits per heavy atom. The third kappa shape index (κ3) is 13.0. The highest BCUT2D eigenvalue weighted by Crippen LogP contribution is 2.31. The molecule has 0 spiro atoms. The van der Waals surface area contributed by atoms with Crippen molar-refractivity contribution < 1.29 is 13.9 Å². The molecular formula is C46H62N2O3. The second-order valence-corrected chi connectivity index (χ2v) is 14.4. The first-order chi connectivity index (χ1) is 25.2. The van der Waals surface area contributed by atoms with E-state index in [1.165, 1.54) is 116 Å². The molecule has 51 heavy (non-hydrogen) atoms. The lowest BCUT2D eigenvalue weighted by Gasteiger charge is -2.08. The summed E-state index contributed by atoms with van der Waals surface area (Å²) in [6.07, 6.45) is 26.6. The molecule has 274 valence electrons. The van der Waals surface area contributed by atoms with Gasteiger partial charge in [-0.25, -0.2) is 0 Å². The maximum atomic E-state index is 6.17. The van der Waals surface area contributed by atoms with E-state index in [0.29, 0.717) is 11.8 Å². The third-order valence-corrected chi connectivity index (χ3v) is 10.1. The summed E-state index contributed by atoms with van der Waals surface area (Å²) in [4.78, 5) is 0. The Kier molecular flexibility index (Phi) is 16.7. The molecule has 1 aromatic heterocycles. The molecule has 0 saturated heterocycles. The van der Waals surface area contributed by atoms with Crippen LogP contribution in [0.5, 0.6) is 11.5 Å². The minimum absolute atomic E-state index is 0.518. The van der Waals surface area contributed by atoms with Crippen LogP contribution in [0, 0.1) is 0 Å². The Morgan fingerprint density at radius 1 is 0.392 bits per heavy atom. The van der Waals surface area contributed by atoms with Crippen LogP contribution in [0.25, 0.3) is 44.5 Å². The summed E-state index contributed by atoms with van der Waals surface area (Å²) in [5, 5.41) is 13.3. The molecule has 5 heteroatoms. The number of nitrogens with zero attached hydrogens (tertiary/aromatic N) is 2. The normalized spacial score (nSPS) is 11.5. The van der Waals surface area contributed by atoms with Gasteiger partial charge in [0.1, 0.15) is 11.5 Å². The average molecular weight is 691 g/mol. The molecular weight excluding hydrogens is 629 g/mol. The van der Waals surface area contributed by atoms with E-state index in [0.717, 1.165) is 70.2 Å². The van der Waals surface area contributed by atoms with Crippen molar-refractivity contribution in [3.63, 3.8) is 0 Å². The standard InChI is InChI=1S/C46H62N2O3/c1-3-5-7-9-11-13-15-17-19-21-31-49-43-29-27-37-33-41(25-23-39(37)35-43)45-47-48-46(51-45)42-26-24-40-36-44(30-28-38(40)34-42)50-32-22-20-18-16-14-12-10-8-6-4-2/h23-30,33-36H,3-22,31-32H2,1-2H3. The molecule has 0 saturated carbocycles. The van der Waals surface area contributed by atoms with Gasteiger partial charge in [0.25, 0.3) is 0 Å². The summed E-state index contributed by atoms with van der Waals surface area (Å²) in [7, 11) is 0. The van der Waals surface area contributed by atoms with Gasteiger partial charge in [-0.15, -0.1) is 10.2 Å². The molecule has 1 heterocycles. The third-order valence-electron chi connectivity index (χ3n) is 10.1. The number of aromatic nitrogens is 2. The van der Waals surface area contributed by atoms with Crippen LogP contribution in [-0.2, 0) is 0 Å². The second kappa shape index (κ2) is 22.2. The van der Waals surface area contributed by atoms with E-state index in [-0.39, 0.29) is 0 Å². The lowest BCUT2D eigenvalue weighted by Crippen LogP contribution is -1.97. The van der Waals surface area contributed by atoms with Crippen molar-refractivity contribution in [1.29, 1.82) is 0 Å². The smallest absolute Gasteiger partial charge is 0.248 e. The molecule has 4 aromatic carbocycles. The summed E-state index contributed by atoms with van der Waals surface area (Å²) in [5.41, 5.74) is 1.82. The van der Waals surface area contributed by atoms with E-state index in [9.17, 15) is 0 Å². The van der Waals surface area contributed by atoms with Crippen LogP contribution >= 0.6 is 0 Å². The maximum Gasteiger partial charge on any atom is 0.248 e. The number of fused-ring (bicyclic) bond motifs is 2. The summed E-state index contributed by atoms with van der Waals surface area (Å²) in [6.45, 7) is 6.10. The van der Waals surface area contributed by atoms with Gasteiger partial charge in [-0.1, -0.05) is 154 Å². The SMILES string of the molecule is CCCCCCCCCCCCOc1ccc2cc(-c3nnc(-c4ccc5cc(OCCCCCCCCCCCC)ccc5c4)o3)ccc2c1. The van der Waals surface area contributed by atoms with E-state index in [1.807, 2.05) is 12.1 Å². The van der Waals surface area contributed by atoms with Crippen LogP contribution in [0.2, 0.25) is 0 Å². The number of benzene rings is 4. The van der Waals surface area contributed by atoms with E-state index in [2.05, 4.69) is 84.7 Å². The largest absolute Gasteiger partial charge is 0.494 e. The highest BCUT2D eigenvalue weighted by molar-refractivity contribution is 5.88. The van der Waals surface area contributed by atoms with Gasteiger partial charge in [-0.2, -0.15) is 0 Å². The predicted molar refractivity (Wildman–Crippen MR) is 215 cm³/mol. The van der Waals surface area contributed by atoms with Crippen LogP contribution in [0.4, 0.5) is 0 Å². The lowest BCUT2D eigenvalue weighted by atomic mass is 10.1. The zero-order valence-electron chi connectivity index (χ0n) is 31.6. The van der Waals surface area contributed by atoms with E-state index in [1.54, 1.807) is 0 Å². The topological polar surface area (TPSA) is 57.4 Å². The molecule has 0 radical (unpaired) electrons. The summed E-state index contributed by atoms with van der Waals surface area (Å²) < 4.78 is 18.4. The number of rotatable bonds is 26. The van der Waals surface area contributed by atoms with Crippen LogP contribution in [0.1, 0.15) is 142 Å². The lowest BCUT2D eigenvalue weighted by molar-refractivity contribution is 0.304.